The molecule has 1 aromatic rings. The minimum absolute atomic E-state index is 0.111. The standard InChI is InChI=1S/C19H26N2O3/c1-14-4-7-17(24-2)16(12-14)13-18(22)20-8-3-9-21(11-10-20)19(23)15-5-6-15/h4,7,12,15H,3,5-6,8-11,13H2,1-2H3. The van der Waals surface area contributed by atoms with Crippen LogP contribution in [0.25, 0.3) is 0 Å². The number of rotatable bonds is 4. The van der Waals surface area contributed by atoms with Crippen molar-refractivity contribution in [1.82, 2.24) is 9.80 Å². The van der Waals surface area contributed by atoms with Crippen molar-refractivity contribution in [3.63, 3.8) is 0 Å². The van der Waals surface area contributed by atoms with Crippen LogP contribution in [0, 0.1) is 12.8 Å². The Hall–Kier alpha value is -2.04. The number of methoxy groups -OCH3 is 1. The molecule has 3 rings (SSSR count). The summed E-state index contributed by atoms with van der Waals surface area (Å²) < 4.78 is 5.37. The van der Waals surface area contributed by atoms with Gasteiger partial charge < -0.3 is 14.5 Å². The molecule has 0 unspecified atom stereocenters. The first-order valence-corrected chi connectivity index (χ1v) is 8.78. The minimum Gasteiger partial charge on any atom is -0.496 e. The Morgan fingerprint density at radius 2 is 1.83 bits per heavy atom. The van der Waals surface area contributed by atoms with Gasteiger partial charge in [-0.25, -0.2) is 0 Å². The molecule has 5 heteroatoms. The zero-order valence-electron chi connectivity index (χ0n) is 14.6. The normalized spacial score (nSPS) is 18.2. The smallest absolute Gasteiger partial charge is 0.227 e. The van der Waals surface area contributed by atoms with Crippen LogP contribution in [0.2, 0.25) is 0 Å². The third-order valence-electron chi connectivity index (χ3n) is 4.86. The zero-order valence-corrected chi connectivity index (χ0v) is 14.6. The Kier molecular flexibility index (Phi) is 5.07. The lowest BCUT2D eigenvalue weighted by Gasteiger charge is -2.22. The van der Waals surface area contributed by atoms with Crippen LogP contribution < -0.4 is 4.74 Å². The summed E-state index contributed by atoms with van der Waals surface area (Å²) in [4.78, 5) is 28.7. The molecule has 0 N–H and O–H groups in total. The van der Waals surface area contributed by atoms with Gasteiger partial charge in [-0.2, -0.15) is 0 Å². The van der Waals surface area contributed by atoms with E-state index in [9.17, 15) is 9.59 Å². The van der Waals surface area contributed by atoms with E-state index < -0.39 is 0 Å². The number of ether oxygens (including phenoxy) is 1. The molecule has 1 aliphatic carbocycles. The monoisotopic (exact) mass is 330 g/mol. The maximum Gasteiger partial charge on any atom is 0.227 e. The van der Waals surface area contributed by atoms with Crippen LogP contribution in [0.3, 0.4) is 0 Å². The summed E-state index contributed by atoms with van der Waals surface area (Å²) >= 11 is 0. The third kappa shape index (κ3) is 3.89. The van der Waals surface area contributed by atoms with Crippen LogP contribution in [0.5, 0.6) is 5.75 Å². The van der Waals surface area contributed by atoms with Gasteiger partial charge >= 0.3 is 0 Å². The number of hydrogen-bond acceptors (Lipinski definition) is 3. The fourth-order valence-corrected chi connectivity index (χ4v) is 3.30. The summed E-state index contributed by atoms with van der Waals surface area (Å²) in [5, 5.41) is 0. The van der Waals surface area contributed by atoms with Crippen molar-refractivity contribution in [2.24, 2.45) is 5.92 Å². The Morgan fingerprint density at radius 3 is 2.54 bits per heavy atom. The number of hydrogen-bond donors (Lipinski definition) is 0. The van der Waals surface area contributed by atoms with E-state index in [4.69, 9.17) is 4.74 Å². The van der Waals surface area contributed by atoms with Crippen molar-refractivity contribution in [2.75, 3.05) is 33.3 Å². The van der Waals surface area contributed by atoms with Crippen molar-refractivity contribution >= 4 is 11.8 Å². The lowest BCUT2D eigenvalue weighted by atomic mass is 10.1. The summed E-state index contributed by atoms with van der Waals surface area (Å²) in [5.74, 6) is 1.40. The van der Waals surface area contributed by atoms with Crippen LogP contribution in [0.4, 0.5) is 0 Å². The molecule has 0 radical (unpaired) electrons. The molecule has 130 valence electrons. The van der Waals surface area contributed by atoms with Crippen LogP contribution in [0.1, 0.15) is 30.4 Å². The van der Waals surface area contributed by atoms with Crippen molar-refractivity contribution in [3.05, 3.63) is 29.3 Å². The van der Waals surface area contributed by atoms with Gasteiger partial charge in [0.2, 0.25) is 11.8 Å². The molecule has 2 aliphatic rings. The number of amides is 2. The van der Waals surface area contributed by atoms with E-state index in [1.807, 2.05) is 34.9 Å². The molecule has 5 nitrogen and oxygen atoms in total. The highest BCUT2D eigenvalue weighted by atomic mass is 16.5. The molecule has 24 heavy (non-hydrogen) atoms. The second kappa shape index (κ2) is 7.24. The van der Waals surface area contributed by atoms with Crippen molar-refractivity contribution in [2.45, 2.75) is 32.6 Å². The van der Waals surface area contributed by atoms with Crippen LogP contribution in [-0.4, -0.2) is 54.9 Å². The molecular weight excluding hydrogens is 304 g/mol. The number of carbonyl (C=O) groups is 2. The average Bonchev–Trinajstić information content (AvgIpc) is 3.41. The molecule has 0 aromatic heterocycles. The highest BCUT2D eigenvalue weighted by Crippen LogP contribution is 2.31. The van der Waals surface area contributed by atoms with Crippen LogP contribution in [-0.2, 0) is 16.0 Å². The first kappa shape index (κ1) is 16.8. The molecule has 0 spiro atoms. The van der Waals surface area contributed by atoms with Gasteiger partial charge in [0, 0.05) is 37.7 Å². The lowest BCUT2D eigenvalue weighted by Crippen LogP contribution is -2.38. The third-order valence-corrected chi connectivity index (χ3v) is 4.86. The zero-order chi connectivity index (χ0) is 17.1. The second-order valence-corrected chi connectivity index (χ2v) is 6.83. The van der Waals surface area contributed by atoms with E-state index in [0.717, 1.165) is 49.2 Å². The minimum atomic E-state index is 0.111. The highest BCUT2D eigenvalue weighted by Gasteiger charge is 2.34. The topological polar surface area (TPSA) is 49.9 Å². The number of benzene rings is 1. The van der Waals surface area contributed by atoms with Gasteiger partial charge in [-0.3, -0.25) is 9.59 Å². The predicted octanol–water partition coefficient (Wildman–Crippen LogP) is 2.02. The van der Waals surface area contributed by atoms with E-state index >= 15 is 0 Å². The molecule has 2 fully saturated rings. The van der Waals surface area contributed by atoms with Crippen molar-refractivity contribution < 1.29 is 14.3 Å². The SMILES string of the molecule is COc1ccc(C)cc1CC(=O)N1CCCN(C(=O)C2CC2)CC1. The highest BCUT2D eigenvalue weighted by molar-refractivity contribution is 5.82. The molecular formula is C19H26N2O3. The summed E-state index contributed by atoms with van der Waals surface area (Å²) in [6.07, 6.45) is 3.27. The first-order valence-electron chi connectivity index (χ1n) is 8.78. The van der Waals surface area contributed by atoms with Crippen molar-refractivity contribution in [3.8, 4) is 5.75 Å². The van der Waals surface area contributed by atoms with E-state index in [1.54, 1.807) is 7.11 Å². The molecule has 1 saturated heterocycles. The largest absolute Gasteiger partial charge is 0.496 e. The van der Waals surface area contributed by atoms with Crippen LogP contribution in [0.15, 0.2) is 18.2 Å². The summed E-state index contributed by atoms with van der Waals surface area (Å²) in [6, 6.07) is 5.91. The number of aryl methyl sites for hydroxylation is 1. The lowest BCUT2D eigenvalue weighted by molar-refractivity contribution is -0.134. The van der Waals surface area contributed by atoms with Gasteiger partial charge in [-0.05, 0) is 32.3 Å². The Labute approximate surface area is 143 Å². The first-order chi connectivity index (χ1) is 11.6. The van der Waals surface area contributed by atoms with Gasteiger partial charge in [-0.15, -0.1) is 0 Å². The van der Waals surface area contributed by atoms with Gasteiger partial charge in [0.05, 0.1) is 13.5 Å². The van der Waals surface area contributed by atoms with Gasteiger partial charge in [0.1, 0.15) is 5.75 Å². The van der Waals surface area contributed by atoms with E-state index in [1.165, 1.54) is 0 Å². The average molecular weight is 330 g/mol. The molecule has 1 saturated carbocycles. The maximum absolute atomic E-state index is 12.7. The van der Waals surface area contributed by atoms with Gasteiger partial charge in [0.15, 0.2) is 0 Å². The Balaban J connectivity index is 1.61. The summed E-state index contributed by atoms with van der Waals surface area (Å²) in [7, 11) is 1.63. The van der Waals surface area contributed by atoms with E-state index in [-0.39, 0.29) is 17.7 Å². The Bertz CT molecular complexity index is 625. The number of carbonyl (C=O) groups excluding carboxylic acids is 2. The van der Waals surface area contributed by atoms with E-state index in [2.05, 4.69) is 0 Å². The molecule has 0 bridgehead atoms. The quantitative estimate of drug-likeness (QED) is 0.849. The fourth-order valence-electron chi connectivity index (χ4n) is 3.30. The predicted molar refractivity (Wildman–Crippen MR) is 91.9 cm³/mol. The molecule has 2 amide bonds. The van der Waals surface area contributed by atoms with Gasteiger partial charge in [-0.1, -0.05) is 17.7 Å². The summed E-state index contributed by atoms with van der Waals surface area (Å²) in [6.45, 7) is 4.80. The number of nitrogens with zero attached hydrogens (tertiary/aromatic N) is 2. The van der Waals surface area contributed by atoms with Crippen molar-refractivity contribution in [1.29, 1.82) is 0 Å². The van der Waals surface area contributed by atoms with Crippen LogP contribution >= 0.6 is 0 Å². The molecule has 1 aromatic carbocycles. The van der Waals surface area contributed by atoms with E-state index in [0.29, 0.717) is 19.5 Å². The Morgan fingerprint density at radius 1 is 1.12 bits per heavy atom. The molecule has 0 atom stereocenters. The molecule has 1 aliphatic heterocycles. The molecule has 1 heterocycles. The second-order valence-electron chi connectivity index (χ2n) is 6.83. The fraction of sp³-hybridized carbons (Fsp3) is 0.579. The summed E-state index contributed by atoms with van der Waals surface area (Å²) in [5.41, 5.74) is 2.05. The maximum atomic E-state index is 12.7. The van der Waals surface area contributed by atoms with Gasteiger partial charge in [0.25, 0.3) is 0 Å².